The van der Waals surface area contributed by atoms with Gasteiger partial charge in [-0.1, -0.05) is 83.3 Å². The average Bonchev–Trinajstić information content (AvgIpc) is 2.43. The lowest BCUT2D eigenvalue weighted by atomic mass is 10.1. The zero-order valence-electron chi connectivity index (χ0n) is 13.2. The number of allylic oxidation sites excluding steroid dienone is 2. The lowest BCUT2D eigenvalue weighted by molar-refractivity contribution is 0.282. The van der Waals surface area contributed by atoms with Gasteiger partial charge in [-0.15, -0.1) is 0 Å². The molecule has 0 aliphatic heterocycles. The fourth-order valence-corrected chi connectivity index (χ4v) is 2.35. The first-order valence-electron chi connectivity index (χ1n) is 8.67. The van der Waals surface area contributed by atoms with Crippen molar-refractivity contribution in [3.63, 3.8) is 0 Å². The SMILES string of the molecule is CCCC/C=C/CCCCCCCCCCCCO. The normalized spacial score (nSPS) is 11.5. The first-order chi connectivity index (χ1) is 9.41. The number of hydrogen-bond acceptors (Lipinski definition) is 1. The minimum atomic E-state index is 0.368. The Bertz CT molecular complexity index is 175. The van der Waals surface area contributed by atoms with Crippen LogP contribution in [0, 0.1) is 0 Å². The summed E-state index contributed by atoms with van der Waals surface area (Å²) in [6.45, 7) is 2.62. The maximum atomic E-state index is 8.67. The molecule has 0 atom stereocenters. The highest BCUT2D eigenvalue weighted by atomic mass is 16.2. The smallest absolute Gasteiger partial charge is 0.0431 e. The van der Waals surface area contributed by atoms with Crippen molar-refractivity contribution < 1.29 is 5.11 Å². The van der Waals surface area contributed by atoms with Crippen LogP contribution in [0.15, 0.2) is 12.2 Å². The van der Waals surface area contributed by atoms with E-state index in [1.165, 1.54) is 83.5 Å². The van der Waals surface area contributed by atoms with Crippen LogP contribution in [0.5, 0.6) is 0 Å². The molecule has 0 aromatic carbocycles. The van der Waals surface area contributed by atoms with Crippen molar-refractivity contribution in [2.45, 2.75) is 96.8 Å². The molecule has 19 heavy (non-hydrogen) atoms. The zero-order valence-corrected chi connectivity index (χ0v) is 13.2. The topological polar surface area (TPSA) is 20.2 Å². The van der Waals surface area contributed by atoms with Crippen molar-refractivity contribution in [2.24, 2.45) is 0 Å². The second kappa shape index (κ2) is 17.7. The minimum Gasteiger partial charge on any atom is -0.396 e. The summed E-state index contributed by atoms with van der Waals surface area (Å²) in [7, 11) is 0. The standard InChI is InChI=1S/C18H36O/c1-2-3-4-5-6-7-8-9-10-11-12-13-14-15-16-17-18-19/h5-6,19H,2-4,7-18H2,1H3/b6-5+. The molecule has 0 saturated carbocycles. The van der Waals surface area contributed by atoms with Crippen LogP contribution >= 0.6 is 0 Å². The van der Waals surface area contributed by atoms with Crippen LogP contribution in [0.3, 0.4) is 0 Å². The quantitative estimate of drug-likeness (QED) is 0.284. The molecule has 0 aliphatic carbocycles. The van der Waals surface area contributed by atoms with Crippen LogP contribution in [-0.2, 0) is 0 Å². The Morgan fingerprint density at radius 1 is 0.579 bits per heavy atom. The van der Waals surface area contributed by atoms with E-state index in [0.29, 0.717) is 6.61 Å². The molecule has 0 spiro atoms. The van der Waals surface area contributed by atoms with E-state index in [1.807, 2.05) is 0 Å². The third-order valence-electron chi connectivity index (χ3n) is 3.67. The fraction of sp³-hybridized carbons (Fsp3) is 0.889. The van der Waals surface area contributed by atoms with E-state index in [0.717, 1.165) is 6.42 Å². The van der Waals surface area contributed by atoms with E-state index in [9.17, 15) is 0 Å². The molecule has 114 valence electrons. The van der Waals surface area contributed by atoms with Gasteiger partial charge in [-0.3, -0.25) is 0 Å². The van der Waals surface area contributed by atoms with Crippen molar-refractivity contribution in [1.29, 1.82) is 0 Å². The van der Waals surface area contributed by atoms with Gasteiger partial charge in [-0.2, -0.15) is 0 Å². The van der Waals surface area contributed by atoms with Gasteiger partial charge in [0.1, 0.15) is 0 Å². The Morgan fingerprint density at radius 3 is 1.47 bits per heavy atom. The van der Waals surface area contributed by atoms with Crippen molar-refractivity contribution in [3.8, 4) is 0 Å². The first kappa shape index (κ1) is 18.7. The molecule has 0 heterocycles. The van der Waals surface area contributed by atoms with Gasteiger partial charge >= 0.3 is 0 Å². The fourth-order valence-electron chi connectivity index (χ4n) is 2.35. The summed E-state index contributed by atoms with van der Waals surface area (Å²) in [6.07, 6.45) is 23.2. The van der Waals surface area contributed by atoms with Crippen molar-refractivity contribution in [1.82, 2.24) is 0 Å². The van der Waals surface area contributed by atoms with Gasteiger partial charge in [0.2, 0.25) is 0 Å². The van der Waals surface area contributed by atoms with Crippen molar-refractivity contribution in [2.75, 3.05) is 6.61 Å². The molecule has 1 heteroatoms. The molecular weight excluding hydrogens is 232 g/mol. The lowest BCUT2D eigenvalue weighted by Gasteiger charge is -2.01. The summed E-state index contributed by atoms with van der Waals surface area (Å²) in [5, 5.41) is 8.67. The Kier molecular flexibility index (Phi) is 17.4. The van der Waals surface area contributed by atoms with Crippen LogP contribution in [0.1, 0.15) is 96.8 Å². The van der Waals surface area contributed by atoms with Gasteiger partial charge in [0.15, 0.2) is 0 Å². The zero-order chi connectivity index (χ0) is 14.0. The minimum absolute atomic E-state index is 0.368. The maximum absolute atomic E-state index is 8.67. The third kappa shape index (κ3) is 17.7. The molecule has 0 unspecified atom stereocenters. The number of aliphatic hydroxyl groups is 1. The molecule has 0 saturated heterocycles. The molecule has 1 nitrogen and oxygen atoms in total. The van der Waals surface area contributed by atoms with E-state index in [-0.39, 0.29) is 0 Å². The second-order valence-corrected chi connectivity index (χ2v) is 5.66. The Hall–Kier alpha value is -0.300. The molecule has 0 amide bonds. The number of aliphatic hydroxyl groups excluding tert-OH is 1. The van der Waals surface area contributed by atoms with E-state index >= 15 is 0 Å². The van der Waals surface area contributed by atoms with Crippen molar-refractivity contribution >= 4 is 0 Å². The Morgan fingerprint density at radius 2 is 1.00 bits per heavy atom. The summed E-state index contributed by atoms with van der Waals surface area (Å²) >= 11 is 0. The van der Waals surface area contributed by atoms with Gasteiger partial charge in [0, 0.05) is 6.61 Å². The first-order valence-corrected chi connectivity index (χ1v) is 8.67. The van der Waals surface area contributed by atoms with E-state index < -0.39 is 0 Å². The van der Waals surface area contributed by atoms with Crippen LogP contribution in [0.25, 0.3) is 0 Å². The second-order valence-electron chi connectivity index (χ2n) is 5.66. The van der Waals surface area contributed by atoms with Gasteiger partial charge < -0.3 is 5.11 Å². The Labute approximate surface area is 121 Å². The van der Waals surface area contributed by atoms with Crippen LogP contribution in [0.4, 0.5) is 0 Å². The highest BCUT2D eigenvalue weighted by Gasteiger charge is 1.92. The summed E-state index contributed by atoms with van der Waals surface area (Å²) in [4.78, 5) is 0. The molecule has 0 radical (unpaired) electrons. The molecule has 0 aromatic rings. The van der Waals surface area contributed by atoms with E-state index in [2.05, 4.69) is 19.1 Å². The van der Waals surface area contributed by atoms with Gasteiger partial charge in [-0.25, -0.2) is 0 Å². The number of rotatable bonds is 15. The van der Waals surface area contributed by atoms with Crippen LogP contribution in [-0.4, -0.2) is 11.7 Å². The third-order valence-corrected chi connectivity index (χ3v) is 3.67. The number of hydrogen-bond donors (Lipinski definition) is 1. The predicted molar refractivity (Wildman–Crippen MR) is 86.5 cm³/mol. The lowest BCUT2D eigenvalue weighted by Crippen LogP contribution is -1.84. The molecule has 0 rings (SSSR count). The maximum Gasteiger partial charge on any atom is 0.0431 e. The average molecular weight is 268 g/mol. The summed E-state index contributed by atoms with van der Waals surface area (Å²) in [5.74, 6) is 0. The van der Waals surface area contributed by atoms with Gasteiger partial charge in [0.05, 0.1) is 0 Å². The molecule has 1 N–H and O–H groups in total. The summed E-state index contributed by atoms with van der Waals surface area (Å²) < 4.78 is 0. The van der Waals surface area contributed by atoms with Crippen LogP contribution in [0.2, 0.25) is 0 Å². The van der Waals surface area contributed by atoms with Gasteiger partial charge in [-0.05, 0) is 25.7 Å². The van der Waals surface area contributed by atoms with E-state index in [1.54, 1.807) is 0 Å². The Balaban J connectivity index is 2.97. The highest BCUT2D eigenvalue weighted by Crippen LogP contribution is 2.11. The molecule has 0 fully saturated rings. The molecule has 0 bridgehead atoms. The van der Waals surface area contributed by atoms with E-state index in [4.69, 9.17) is 5.11 Å². The molecule has 0 aliphatic rings. The molecule has 0 aromatic heterocycles. The summed E-state index contributed by atoms with van der Waals surface area (Å²) in [6, 6.07) is 0. The van der Waals surface area contributed by atoms with Crippen LogP contribution < -0.4 is 0 Å². The van der Waals surface area contributed by atoms with Gasteiger partial charge in [0.25, 0.3) is 0 Å². The van der Waals surface area contributed by atoms with Crippen molar-refractivity contribution in [3.05, 3.63) is 12.2 Å². The largest absolute Gasteiger partial charge is 0.396 e. The molecular formula is C18H36O. The monoisotopic (exact) mass is 268 g/mol. The predicted octanol–water partition coefficient (Wildman–Crippen LogP) is 6.02. The highest BCUT2D eigenvalue weighted by molar-refractivity contribution is 4.81. The number of unbranched alkanes of at least 4 members (excludes halogenated alkanes) is 12. The summed E-state index contributed by atoms with van der Waals surface area (Å²) in [5.41, 5.74) is 0.